The van der Waals surface area contributed by atoms with Crippen molar-refractivity contribution in [2.45, 2.75) is 65.2 Å². The van der Waals surface area contributed by atoms with Crippen LogP contribution in [0.4, 0.5) is 0 Å². The van der Waals surface area contributed by atoms with Gasteiger partial charge in [-0.2, -0.15) is 0 Å². The highest BCUT2D eigenvalue weighted by molar-refractivity contribution is 7.28. The topological polar surface area (TPSA) is 132 Å². The first-order chi connectivity index (χ1) is 54.5. The van der Waals surface area contributed by atoms with Gasteiger partial charge in [0.15, 0.2) is 0 Å². The smallest absolute Gasteiger partial charge is 0.310 e. The zero-order valence-electron chi connectivity index (χ0n) is 60.0. The summed E-state index contributed by atoms with van der Waals surface area (Å²) in [6, 6.07) is 43.9. The van der Waals surface area contributed by atoms with E-state index in [0.29, 0.717) is 75.0 Å². The van der Waals surface area contributed by atoms with Crippen molar-refractivity contribution in [1.29, 1.82) is 0 Å². The van der Waals surface area contributed by atoms with Crippen molar-refractivity contribution >= 4 is 177 Å². The number of thiophene rings is 13. The molecule has 574 valence electrons. The Bertz CT molecular complexity index is 5180. The van der Waals surface area contributed by atoms with E-state index in [9.17, 15) is 24.0 Å². The summed E-state index contributed by atoms with van der Waals surface area (Å²) in [6.07, 6.45) is 19.5. The molecule has 19 rings (SSSR count). The Labute approximate surface area is 704 Å². The molecular weight excluding hydrogens is 1650 g/mol. The molecule has 3 saturated carbocycles. The molecule has 6 aliphatic rings. The number of hydrogen-bond donors (Lipinski definition) is 0. The minimum absolute atomic E-state index is 0. The van der Waals surface area contributed by atoms with E-state index < -0.39 is 0 Å². The number of allylic oxidation sites excluding steroid dienone is 6. The summed E-state index contributed by atoms with van der Waals surface area (Å²) in [5.41, 5.74) is 5.13. The SMILES string of the molecule is C.O=C(Cc1cc(-c2cccs2)sc1-c1cccs1)OCC1C2C=CC(C2)C1COC(=O)Cc1cc(-c2cccs2)sc1-c1cccs1.O=C(Cc1cc(-c2cccs2)sc1-c1cccs1)OCC1CC2C=CC1C2.O=C(Cc1csc(-c2cccs2)c1)OCC1C2C=CC(C2)C1COC(=O)Cc1ccsc1-c1cccs1. The van der Waals surface area contributed by atoms with E-state index >= 15 is 0 Å². The van der Waals surface area contributed by atoms with Gasteiger partial charge in [-0.05, 0) is 228 Å². The van der Waals surface area contributed by atoms with Crippen LogP contribution < -0.4 is 0 Å². The second kappa shape index (κ2) is 36.7. The molecule has 6 aliphatic carbocycles. The van der Waals surface area contributed by atoms with Crippen LogP contribution in [0.15, 0.2) is 218 Å². The number of carbonyl (C=O) groups excluding carboxylic acids is 5. The Balaban J connectivity index is 0.000000131. The summed E-state index contributed by atoms with van der Waals surface area (Å²) < 4.78 is 29.2. The third-order valence-corrected chi connectivity index (χ3v) is 35.7. The van der Waals surface area contributed by atoms with Crippen LogP contribution >= 0.6 is 147 Å². The molecule has 112 heavy (non-hydrogen) atoms. The van der Waals surface area contributed by atoms with Crippen LogP contribution in [0.2, 0.25) is 0 Å². The van der Waals surface area contributed by atoms with E-state index in [-0.39, 0.29) is 86.6 Å². The van der Waals surface area contributed by atoms with Crippen LogP contribution in [-0.4, -0.2) is 62.9 Å². The fourth-order valence-electron chi connectivity index (χ4n) is 16.4. The number of carbonyl (C=O) groups is 5. The van der Waals surface area contributed by atoms with Crippen molar-refractivity contribution in [3.8, 4) is 78.0 Å². The first-order valence-corrected chi connectivity index (χ1v) is 48.4. The largest absolute Gasteiger partial charge is 0.465 e. The number of ether oxygens (including phenoxy) is 5. The highest BCUT2D eigenvalue weighted by Gasteiger charge is 2.47. The molecule has 0 N–H and O–H groups in total. The molecule has 13 heterocycles. The van der Waals surface area contributed by atoms with Gasteiger partial charge in [-0.3, -0.25) is 24.0 Å². The van der Waals surface area contributed by atoms with Gasteiger partial charge in [-0.1, -0.05) is 92.4 Å². The van der Waals surface area contributed by atoms with Crippen LogP contribution in [0, 0.1) is 65.1 Å². The molecule has 0 saturated heterocycles. The van der Waals surface area contributed by atoms with E-state index in [1.54, 1.807) is 147 Å². The minimum Gasteiger partial charge on any atom is -0.465 e. The van der Waals surface area contributed by atoms with Gasteiger partial charge >= 0.3 is 29.8 Å². The summed E-state index contributed by atoms with van der Waals surface area (Å²) in [5.74, 6) is 3.09. The fourth-order valence-corrected chi connectivity index (χ4v) is 28.7. The van der Waals surface area contributed by atoms with Crippen molar-refractivity contribution in [3.05, 3.63) is 245 Å². The van der Waals surface area contributed by atoms with E-state index in [1.165, 1.54) is 76.2 Å². The van der Waals surface area contributed by atoms with Crippen molar-refractivity contribution in [3.63, 3.8) is 0 Å². The molecule has 3 fully saturated rings. The van der Waals surface area contributed by atoms with Crippen LogP contribution in [0.1, 0.15) is 60.9 Å². The Morgan fingerprint density at radius 3 is 0.964 bits per heavy atom. The van der Waals surface area contributed by atoms with Crippen molar-refractivity contribution < 1.29 is 47.7 Å². The lowest BCUT2D eigenvalue weighted by atomic mass is 9.84. The molecule has 13 aromatic rings. The van der Waals surface area contributed by atoms with Gasteiger partial charge in [0.05, 0.1) is 65.1 Å². The minimum atomic E-state index is -0.207. The Morgan fingerprint density at radius 1 is 0.286 bits per heavy atom. The van der Waals surface area contributed by atoms with E-state index in [1.807, 2.05) is 41.1 Å². The summed E-state index contributed by atoms with van der Waals surface area (Å²) in [4.78, 5) is 83.5. The quantitative estimate of drug-likeness (QED) is 0.0265. The lowest BCUT2D eigenvalue weighted by Gasteiger charge is -2.27. The van der Waals surface area contributed by atoms with Crippen LogP contribution in [0.3, 0.4) is 0 Å². The summed E-state index contributed by atoms with van der Waals surface area (Å²) in [6.45, 7) is 2.02. The van der Waals surface area contributed by atoms with E-state index in [4.69, 9.17) is 23.7 Å². The van der Waals surface area contributed by atoms with Gasteiger partial charge < -0.3 is 23.7 Å². The molecule has 6 bridgehead atoms. The Morgan fingerprint density at radius 2 is 0.616 bits per heavy atom. The standard InChI is InChI=1S/C37H30O4S6.C29H26O4S4.C22H20O2S3.CH4/c38-34(18-24-16-32(28-5-1-11-42-28)46-36(24)30-7-3-13-44-30)40-20-26-22-9-10-23(15-22)27(26)21-41-35(39)19-25-17-33(29-6-2-12-43-29)47-37(25)31-8-4-14-45-31;30-27(12-18-11-26(37-17-18)24-3-1-8-34-24)32-15-22-19-5-6-20(13-19)23(22)16-33-28(31)14-21-7-10-36-29(21)25-4-2-9-35-25;23-21(24-13-17-10-14-5-6-15(17)9-14)12-16-11-20(18-3-1-7-25-18)27-22(16)19-4-2-8-26-19;/h1-14,16-17,22-23,26-27H,15,18-21H2;1-11,17,19-20,22-23H,12-16H2;1-8,11,14-15,17H,9-10,12-13H2;1H4. The molecule has 13 aromatic heterocycles. The predicted molar refractivity (Wildman–Crippen MR) is 472 cm³/mol. The molecule has 0 aliphatic heterocycles. The van der Waals surface area contributed by atoms with Crippen LogP contribution in [0.25, 0.3) is 78.0 Å². The molecule has 0 aromatic carbocycles. The van der Waals surface area contributed by atoms with Gasteiger partial charge in [-0.25, -0.2) is 0 Å². The molecule has 11 unspecified atom stereocenters. The fraction of sp³-hybridized carbons (Fsp3) is 0.292. The monoisotopic (exact) mass is 1720 g/mol. The average molecular weight is 1730 g/mol. The molecule has 10 nitrogen and oxygen atoms in total. The lowest BCUT2D eigenvalue weighted by Crippen LogP contribution is -2.30. The number of rotatable bonds is 28. The first kappa shape index (κ1) is 78.6. The molecule has 0 radical (unpaired) electrons. The summed E-state index contributed by atoms with van der Waals surface area (Å²) in [5, 5.41) is 20.7. The van der Waals surface area contributed by atoms with Gasteiger partial charge in [0.1, 0.15) is 0 Å². The summed E-state index contributed by atoms with van der Waals surface area (Å²) in [7, 11) is 0. The maximum absolute atomic E-state index is 13.3. The second-order valence-electron chi connectivity index (χ2n) is 28.7. The Hall–Kier alpha value is -7.33. The normalized spacial score (nSPS) is 21.2. The third kappa shape index (κ3) is 18.5. The molecular formula is C89H80O10S13. The zero-order valence-corrected chi connectivity index (χ0v) is 70.6. The zero-order chi connectivity index (χ0) is 75.2. The maximum atomic E-state index is 13.3. The summed E-state index contributed by atoms with van der Waals surface area (Å²) >= 11 is 22.2. The highest BCUT2D eigenvalue weighted by atomic mass is 32.1. The van der Waals surface area contributed by atoms with E-state index in [0.717, 1.165) is 61.2 Å². The number of esters is 5. The van der Waals surface area contributed by atoms with Gasteiger partial charge in [0.2, 0.25) is 0 Å². The van der Waals surface area contributed by atoms with Crippen LogP contribution in [0.5, 0.6) is 0 Å². The van der Waals surface area contributed by atoms with Crippen molar-refractivity contribution in [2.24, 2.45) is 65.1 Å². The van der Waals surface area contributed by atoms with Crippen molar-refractivity contribution in [2.75, 3.05) is 33.0 Å². The van der Waals surface area contributed by atoms with E-state index in [2.05, 4.69) is 177 Å². The number of hydrogen-bond acceptors (Lipinski definition) is 23. The van der Waals surface area contributed by atoms with Crippen LogP contribution in [-0.2, 0) is 79.8 Å². The van der Waals surface area contributed by atoms with Crippen molar-refractivity contribution in [1.82, 2.24) is 0 Å². The molecule has 0 spiro atoms. The number of fused-ring (bicyclic) bond motifs is 6. The first-order valence-electron chi connectivity index (χ1n) is 37.1. The van der Waals surface area contributed by atoms with Gasteiger partial charge in [-0.15, -0.1) is 147 Å². The van der Waals surface area contributed by atoms with Gasteiger partial charge in [0.25, 0.3) is 0 Å². The third-order valence-electron chi connectivity index (χ3n) is 21.8. The predicted octanol–water partition coefficient (Wildman–Crippen LogP) is 25.7. The molecule has 0 amide bonds. The highest BCUT2D eigenvalue weighted by Crippen LogP contribution is 2.52. The average Bonchev–Trinajstić information content (AvgIpc) is 1.64. The Kier molecular flexibility index (Phi) is 25.7. The van der Waals surface area contributed by atoms with Gasteiger partial charge in [0, 0.05) is 102 Å². The molecule has 11 atom stereocenters. The second-order valence-corrected chi connectivity index (χ2v) is 41.3. The molecule has 23 heteroatoms. The lowest BCUT2D eigenvalue weighted by molar-refractivity contribution is -0.149. The maximum Gasteiger partial charge on any atom is 0.310 e.